The van der Waals surface area contributed by atoms with E-state index in [4.69, 9.17) is 4.74 Å². The van der Waals surface area contributed by atoms with Gasteiger partial charge in [0.25, 0.3) is 0 Å². The molecule has 0 amide bonds. The second kappa shape index (κ2) is 5.87. The van der Waals surface area contributed by atoms with Crippen LogP contribution in [0.4, 0.5) is 0 Å². The average molecular weight is 294 g/mol. The molecule has 5 nitrogen and oxygen atoms in total. The first-order chi connectivity index (χ1) is 10.9. The first-order valence-electron chi connectivity index (χ1n) is 7.55. The second-order valence-electron chi connectivity index (χ2n) is 5.56. The molecule has 22 heavy (non-hydrogen) atoms. The Balaban J connectivity index is 1.65. The minimum atomic E-state index is 0.225. The Morgan fingerprint density at radius 2 is 2.14 bits per heavy atom. The maximum Gasteiger partial charge on any atom is 0.0755 e. The molecule has 1 aromatic carbocycles. The molecule has 1 unspecified atom stereocenters. The van der Waals surface area contributed by atoms with Gasteiger partial charge in [-0.25, -0.2) is 0 Å². The highest BCUT2D eigenvalue weighted by Gasteiger charge is 2.26. The van der Waals surface area contributed by atoms with Crippen molar-refractivity contribution < 1.29 is 4.74 Å². The number of H-pyrrole nitrogens is 1. The summed E-state index contributed by atoms with van der Waals surface area (Å²) in [5, 5.41) is 8.37. The number of aromatic nitrogens is 3. The van der Waals surface area contributed by atoms with Crippen molar-refractivity contribution in [2.75, 3.05) is 19.8 Å². The summed E-state index contributed by atoms with van der Waals surface area (Å²) in [4.78, 5) is 6.89. The molecule has 2 aromatic heterocycles. The number of ether oxygens (including phenoxy) is 1. The Hall–Kier alpha value is -2.24. The summed E-state index contributed by atoms with van der Waals surface area (Å²) >= 11 is 0. The van der Waals surface area contributed by atoms with Gasteiger partial charge in [0.1, 0.15) is 0 Å². The van der Waals surface area contributed by atoms with Crippen LogP contribution in [0.2, 0.25) is 0 Å². The van der Waals surface area contributed by atoms with Crippen molar-refractivity contribution in [2.24, 2.45) is 0 Å². The molecule has 1 atom stereocenters. The zero-order valence-electron chi connectivity index (χ0n) is 12.3. The lowest BCUT2D eigenvalue weighted by atomic mass is 10.1. The van der Waals surface area contributed by atoms with Crippen LogP contribution >= 0.6 is 0 Å². The Morgan fingerprint density at radius 3 is 3.05 bits per heavy atom. The summed E-state index contributed by atoms with van der Waals surface area (Å²) in [6.07, 6.45) is 3.69. The van der Waals surface area contributed by atoms with Crippen LogP contribution in [0.1, 0.15) is 17.3 Å². The first kappa shape index (κ1) is 13.4. The van der Waals surface area contributed by atoms with Crippen LogP contribution in [0.3, 0.4) is 0 Å². The van der Waals surface area contributed by atoms with Gasteiger partial charge in [-0.15, -0.1) is 0 Å². The summed E-state index contributed by atoms with van der Waals surface area (Å²) in [7, 11) is 0. The van der Waals surface area contributed by atoms with Gasteiger partial charge in [0.2, 0.25) is 0 Å². The number of para-hydroxylation sites is 1. The van der Waals surface area contributed by atoms with E-state index in [0.717, 1.165) is 30.9 Å². The molecule has 1 saturated heterocycles. The third-order valence-electron chi connectivity index (χ3n) is 4.23. The van der Waals surface area contributed by atoms with Gasteiger partial charge in [-0.05, 0) is 23.8 Å². The molecule has 3 aromatic rings. The lowest BCUT2D eigenvalue weighted by Crippen LogP contribution is -2.39. The van der Waals surface area contributed by atoms with E-state index >= 15 is 0 Å². The summed E-state index contributed by atoms with van der Waals surface area (Å²) in [5.74, 6) is 0. The topological polar surface area (TPSA) is 54.0 Å². The number of rotatable bonds is 3. The van der Waals surface area contributed by atoms with Gasteiger partial charge in [-0.3, -0.25) is 15.0 Å². The molecular formula is C17H18N4O. The molecule has 3 heterocycles. The lowest BCUT2D eigenvalue weighted by molar-refractivity contribution is -0.0141. The summed E-state index contributed by atoms with van der Waals surface area (Å²) in [5.41, 5.74) is 3.46. The van der Waals surface area contributed by atoms with E-state index in [1.807, 2.05) is 18.3 Å². The highest BCUT2D eigenvalue weighted by atomic mass is 16.5. The van der Waals surface area contributed by atoms with Gasteiger partial charge in [-0.1, -0.05) is 18.2 Å². The fourth-order valence-corrected chi connectivity index (χ4v) is 3.08. The van der Waals surface area contributed by atoms with Crippen molar-refractivity contribution in [3.63, 3.8) is 0 Å². The predicted octanol–water partition coefficient (Wildman–Crippen LogP) is 2.53. The third-order valence-corrected chi connectivity index (χ3v) is 4.23. The highest BCUT2D eigenvalue weighted by molar-refractivity contribution is 5.81. The molecule has 5 heteroatoms. The van der Waals surface area contributed by atoms with Crippen molar-refractivity contribution >= 4 is 10.9 Å². The molecule has 0 saturated carbocycles. The molecule has 1 aliphatic heterocycles. The highest BCUT2D eigenvalue weighted by Crippen LogP contribution is 2.26. The van der Waals surface area contributed by atoms with Crippen LogP contribution in [0.5, 0.6) is 0 Å². The largest absolute Gasteiger partial charge is 0.378 e. The molecule has 0 radical (unpaired) electrons. The van der Waals surface area contributed by atoms with E-state index in [1.54, 1.807) is 6.20 Å². The zero-order valence-corrected chi connectivity index (χ0v) is 12.3. The number of hydrogen-bond acceptors (Lipinski definition) is 4. The van der Waals surface area contributed by atoms with E-state index < -0.39 is 0 Å². The smallest absolute Gasteiger partial charge is 0.0755 e. The minimum absolute atomic E-state index is 0.225. The van der Waals surface area contributed by atoms with Gasteiger partial charge in [0.15, 0.2) is 0 Å². The Bertz CT molecular complexity index is 751. The van der Waals surface area contributed by atoms with Crippen LogP contribution < -0.4 is 0 Å². The van der Waals surface area contributed by atoms with Gasteiger partial charge >= 0.3 is 0 Å². The molecule has 1 aliphatic rings. The number of morpholine rings is 1. The number of hydrogen-bond donors (Lipinski definition) is 1. The monoisotopic (exact) mass is 294 g/mol. The van der Waals surface area contributed by atoms with Crippen molar-refractivity contribution in [1.82, 2.24) is 20.1 Å². The number of aromatic amines is 1. The SMILES string of the molecule is c1ccc2c(CN3CCOCC3c3ccn[nH]3)ccnc2c1. The van der Waals surface area contributed by atoms with Crippen molar-refractivity contribution in [2.45, 2.75) is 12.6 Å². The van der Waals surface area contributed by atoms with E-state index in [0.29, 0.717) is 6.61 Å². The molecule has 112 valence electrons. The third kappa shape index (κ3) is 2.49. The number of benzene rings is 1. The molecular weight excluding hydrogens is 276 g/mol. The second-order valence-corrected chi connectivity index (χ2v) is 5.56. The van der Waals surface area contributed by atoms with E-state index in [1.165, 1.54) is 10.9 Å². The van der Waals surface area contributed by atoms with Gasteiger partial charge in [-0.2, -0.15) is 5.10 Å². The minimum Gasteiger partial charge on any atom is -0.378 e. The Labute approximate surface area is 128 Å². The summed E-state index contributed by atoms with van der Waals surface area (Å²) in [6, 6.07) is 12.7. The van der Waals surface area contributed by atoms with Crippen LogP contribution in [0, 0.1) is 0 Å². The van der Waals surface area contributed by atoms with Crippen LogP contribution in [0.15, 0.2) is 48.8 Å². The van der Waals surface area contributed by atoms with Gasteiger partial charge in [0, 0.05) is 30.9 Å². The number of nitrogens with zero attached hydrogens (tertiary/aromatic N) is 3. The first-order valence-corrected chi connectivity index (χ1v) is 7.55. The van der Waals surface area contributed by atoms with Gasteiger partial charge < -0.3 is 4.74 Å². The van der Waals surface area contributed by atoms with Crippen LogP contribution in [0.25, 0.3) is 10.9 Å². The molecule has 0 bridgehead atoms. The molecule has 1 fully saturated rings. The summed E-state index contributed by atoms with van der Waals surface area (Å²) in [6.45, 7) is 3.27. The average Bonchev–Trinajstić information content (AvgIpc) is 3.10. The van der Waals surface area contributed by atoms with E-state index in [-0.39, 0.29) is 6.04 Å². The number of fused-ring (bicyclic) bond motifs is 1. The van der Waals surface area contributed by atoms with Crippen LogP contribution in [-0.2, 0) is 11.3 Å². The summed E-state index contributed by atoms with van der Waals surface area (Å²) < 4.78 is 5.66. The standard InChI is InChI=1S/C17H18N4O/c1-2-4-15-14(3-1)13(5-7-18-15)11-21-9-10-22-12-17(21)16-6-8-19-20-16/h1-8,17H,9-12H2,(H,19,20). The fraction of sp³-hybridized carbons (Fsp3) is 0.294. The Morgan fingerprint density at radius 1 is 1.18 bits per heavy atom. The maximum atomic E-state index is 5.66. The van der Waals surface area contributed by atoms with Gasteiger partial charge in [0.05, 0.1) is 30.5 Å². The van der Waals surface area contributed by atoms with Crippen molar-refractivity contribution in [3.8, 4) is 0 Å². The molecule has 0 spiro atoms. The van der Waals surface area contributed by atoms with Crippen molar-refractivity contribution in [3.05, 3.63) is 60.0 Å². The Kier molecular flexibility index (Phi) is 3.58. The van der Waals surface area contributed by atoms with Crippen molar-refractivity contribution in [1.29, 1.82) is 0 Å². The quantitative estimate of drug-likeness (QED) is 0.806. The number of nitrogens with one attached hydrogen (secondary N) is 1. The van der Waals surface area contributed by atoms with Crippen LogP contribution in [-0.4, -0.2) is 39.8 Å². The zero-order chi connectivity index (χ0) is 14.8. The number of pyridine rings is 1. The maximum absolute atomic E-state index is 5.66. The predicted molar refractivity (Wildman–Crippen MR) is 84.3 cm³/mol. The molecule has 0 aliphatic carbocycles. The normalized spacial score (nSPS) is 19.5. The van der Waals surface area contributed by atoms with E-state index in [2.05, 4.69) is 44.3 Å². The molecule has 1 N–H and O–H groups in total. The van der Waals surface area contributed by atoms with E-state index in [9.17, 15) is 0 Å². The fourth-order valence-electron chi connectivity index (χ4n) is 3.08. The lowest BCUT2D eigenvalue weighted by Gasteiger charge is -2.35. The molecule has 4 rings (SSSR count).